The van der Waals surface area contributed by atoms with Crippen LogP contribution in [-0.2, 0) is 17.7 Å². The lowest BCUT2D eigenvalue weighted by Gasteiger charge is -2.15. The first-order valence-electron chi connectivity index (χ1n) is 8.32. The van der Waals surface area contributed by atoms with Gasteiger partial charge in [-0.1, -0.05) is 5.21 Å². The van der Waals surface area contributed by atoms with Crippen LogP contribution in [0.15, 0.2) is 6.20 Å². The molecule has 0 aliphatic carbocycles. The molecule has 1 atom stereocenters. The molecule has 1 aliphatic heterocycles. The number of nitrogens with one attached hydrogen (secondary N) is 1. The molecule has 0 bridgehead atoms. The molecule has 1 aliphatic rings. The van der Waals surface area contributed by atoms with E-state index < -0.39 is 0 Å². The lowest BCUT2D eigenvalue weighted by molar-refractivity contribution is 0.0790. The first kappa shape index (κ1) is 16.6. The van der Waals surface area contributed by atoms with Crippen molar-refractivity contribution >= 4 is 5.91 Å². The number of amides is 1. The highest BCUT2D eigenvalue weighted by atomic mass is 16.5. The van der Waals surface area contributed by atoms with Gasteiger partial charge in [-0.3, -0.25) is 9.89 Å². The quantitative estimate of drug-likeness (QED) is 0.856. The standard InChI is InChI=1S/C16H24N6O2/c1-11-14(12(2)18-17-11)6-7-21(3)16(23)15-10-22(20-19-15)9-13-5-4-8-24-13/h10,13H,4-9H2,1-3H3,(H,17,18)/t13-/m1/s1. The van der Waals surface area contributed by atoms with E-state index in [9.17, 15) is 4.79 Å². The summed E-state index contributed by atoms with van der Waals surface area (Å²) in [5, 5.41) is 15.2. The molecule has 2 aromatic rings. The lowest BCUT2D eigenvalue weighted by atomic mass is 10.1. The van der Waals surface area contributed by atoms with Gasteiger partial charge < -0.3 is 9.64 Å². The van der Waals surface area contributed by atoms with Gasteiger partial charge in [-0.2, -0.15) is 5.10 Å². The van der Waals surface area contributed by atoms with Crippen molar-refractivity contribution in [2.75, 3.05) is 20.2 Å². The Morgan fingerprint density at radius 1 is 1.50 bits per heavy atom. The third kappa shape index (κ3) is 3.64. The van der Waals surface area contributed by atoms with Gasteiger partial charge in [-0.05, 0) is 38.7 Å². The van der Waals surface area contributed by atoms with Gasteiger partial charge in [0.2, 0.25) is 0 Å². The number of likely N-dealkylation sites (N-methyl/N-ethyl adjacent to an activating group) is 1. The Kier molecular flexibility index (Phi) is 4.94. The number of carbonyl (C=O) groups excluding carboxylic acids is 1. The first-order valence-corrected chi connectivity index (χ1v) is 8.32. The van der Waals surface area contributed by atoms with Crippen LogP contribution in [0.4, 0.5) is 0 Å². The minimum Gasteiger partial charge on any atom is -0.376 e. The summed E-state index contributed by atoms with van der Waals surface area (Å²) in [4.78, 5) is 14.2. The number of ether oxygens (including phenoxy) is 1. The Morgan fingerprint density at radius 3 is 3.00 bits per heavy atom. The summed E-state index contributed by atoms with van der Waals surface area (Å²) in [6.07, 6.45) is 4.77. The summed E-state index contributed by atoms with van der Waals surface area (Å²) in [7, 11) is 1.78. The number of hydrogen-bond donors (Lipinski definition) is 1. The second-order valence-electron chi connectivity index (χ2n) is 6.35. The monoisotopic (exact) mass is 332 g/mol. The summed E-state index contributed by atoms with van der Waals surface area (Å²) in [6.45, 7) is 6.03. The van der Waals surface area contributed by atoms with E-state index in [1.807, 2.05) is 13.8 Å². The Bertz CT molecular complexity index is 682. The Morgan fingerprint density at radius 2 is 2.33 bits per heavy atom. The van der Waals surface area contributed by atoms with E-state index in [1.165, 1.54) is 0 Å². The highest BCUT2D eigenvalue weighted by Crippen LogP contribution is 2.14. The number of nitrogens with zero attached hydrogens (tertiary/aromatic N) is 5. The zero-order valence-corrected chi connectivity index (χ0v) is 14.4. The molecular weight excluding hydrogens is 308 g/mol. The predicted octanol–water partition coefficient (Wildman–Crippen LogP) is 1.11. The van der Waals surface area contributed by atoms with Crippen LogP contribution < -0.4 is 0 Å². The van der Waals surface area contributed by atoms with E-state index in [-0.39, 0.29) is 12.0 Å². The summed E-state index contributed by atoms with van der Waals surface area (Å²) in [5.41, 5.74) is 3.57. The van der Waals surface area contributed by atoms with Crippen molar-refractivity contribution in [2.24, 2.45) is 0 Å². The molecule has 0 unspecified atom stereocenters. The molecule has 3 rings (SSSR count). The van der Waals surface area contributed by atoms with E-state index in [0.29, 0.717) is 18.8 Å². The normalized spacial score (nSPS) is 17.4. The van der Waals surface area contributed by atoms with Crippen LogP contribution >= 0.6 is 0 Å². The summed E-state index contributed by atoms with van der Waals surface area (Å²) >= 11 is 0. The molecule has 0 saturated carbocycles. The van der Waals surface area contributed by atoms with Crippen LogP contribution in [0, 0.1) is 13.8 Å². The molecule has 1 fully saturated rings. The van der Waals surface area contributed by atoms with Crippen LogP contribution in [0.3, 0.4) is 0 Å². The smallest absolute Gasteiger partial charge is 0.275 e. The van der Waals surface area contributed by atoms with Crippen LogP contribution in [0.1, 0.15) is 40.3 Å². The zero-order chi connectivity index (χ0) is 17.1. The number of hydrogen-bond acceptors (Lipinski definition) is 5. The number of aryl methyl sites for hydroxylation is 2. The van der Waals surface area contributed by atoms with E-state index in [2.05, 4.69) is 20.5 Å². The number of aromatic nitrogens is 5. The third-order valence-electron chi connectivity index (χ3n) is 4.50. The highest BCUT2D eigenvalue weighted by Gasteiger charge is 2.20. The van der Waals surface area contributed by atoms with Gasteiger partial charge in [0.1, 0.15) is 0 Å². The third-order valence-corrected chi connectivity index (χ3v) is 4.50. The SMILES string of the molecule is Cc1n[nH]c(C)c1CCN(C)C(=O)c1cn(C[C@H]2CCCO2)nn1. The van der Waals surface area contributed by atoms with Gasteiger partial charge in [0.15, 0.2) is 5.69 Å². The Labute approximate surface area is 141 Å². The fraction of sp³-hybridized carbons (Fsp3) is 0.625. The van der Waals surface area contributed by atoms with Gasteiger partial charge >= 0.3 is 0 Å². The molecule has 130 valence electrons. The van der Waals surface area contributed by atoms with Crippen LogP contribution in [0.5, 0.6) is 0 Å². The van der Waals surface area contributed by atoms with Crippen molar-refractivity contribution in [3.05, 3.63) is 28.8 Å². The van der Waals surface area contributed by atoms with Crippen LogP contribution in [-0.4, -0.2) is 62.3 Å². The van der Waals surface area contributed by atoms with Crippen molar-refractivity contribution < 1.29 is 9.53 Å². The molecule has 2 aromatic heterocycles. The second kappa shape index (κ2) is 7.12. The molecule has 1 N–H and O–H groups in total. The fourth-order valence-electron chi connectivity index (χ4n) is 3.00. The van der Waals surface area contributed by atoms with Gasteiger partial charge in [-0.25, -0.2) is 4.68 Å². The van der Waals surface area contributed by atoms with Gasteiger partial charge in [-0.15, -0.1) is 5.10 Å². The fourth-order valence-corrected chi connectivity index (χ4v) is 3.00. The van der Waals surface area contributed by atoms with Crippen molar-refractivity contribution in [1.82, 2.24) is 30.1 Å². The molecule has 8 nitrogen and oxygen atoms in total. The summed E-state index contributed by atoms with van der Waals surface area (Å²) < 4.78 is 7.28. The van der Waals surface area contributed by atoms with E-state index in [4.69, 9.17) is 4.74 Å². The summed E-state index contributed by atoms with van der Waals surface area (Å²) in [5.74, 6) is -0.118. The predicted molar refractivity (Wildman–Crippen MR) is 87.7 cm³/mol. The molecule has 0 aromatic carbocycles. The van der Waals surface area contributed by atoms with Gasteiger partial charge in [0.25, 0.3) is 5.91 Å². The second-order valence-corrected chi connectivity index (χ2v) is 6.35. The number of aromatic amines is 1. The van der Waals surface area contributed by atoms with Crippen molar-refractivity contribution in [1.29, 1.82) is 0 Å². The first-order chi connectivity index (χ1) is 11.5. The largest absolute Gasteiger partial charge is 0.376 e. The molecule has 0 spiro atoms. The van der Waals surface area contributed by atoms with Gasteiger partial charge in [0.05, 0.1) is 24.5 Å². The van der Waals surface area contributed by atoms with Crippen LogP contribution in [0.2, 0.25) is 0 Å². The minimum absolute atomic E-state index is 0.118. The number of rotatable bonds is 6. The Hall–Kier alpha value is -2.22. The van der Waals surface area contributed by atoms with Gasteiger partial charge in [0, 0.05) is 25.9 Å². The molecule has 1 amide bonds. The minimum atomic E-state index is -0.118. The average molecular weight is 332 g/mol. The van der Waals surface area contributed by atoms with E-state index in [1.54, 1.807) is 22.8 Å². The molecular formula is C16H24N6O2. The topological polar surface area (TPSA) is 88.9 Å². The number of H-pyrrole nitrogens is 1. The summed E-state index contributed by atoms with van der Waals surface area (Å²) in [6, 6.07) is 0. The maximum atomic E-state index is 12.5. The van der Waals surface area contributed by atoms with Crippen LogP contribution in [0.25, 0.3) is 0 Å². The Balaban J connectivity index is 1.56. The van der Waals surface area contributed by atoms with Crippen molar-refractivity contribution in [2.45, 2.75) is 45.8 Å². The molecule has 8 heteroatoms. The molecule has 24 heavy (non-hydrogen) atoms. The maximum absolute atomic E-state index is 12.5. The lowest BCUT2D eigenvalue weighted by Crippen LogP contribution is -2.29. The zero-order valence-electron chi connectivity index (χ0n) is 14.4. The average Bonchev–Trinajstić information content (AvgIpc) is 3.29. The molecule has 0 radical (unpaired) electrons. The van der Waals surface area contributed by atoms with E-state index in [0.717, 1.165) is 42.8 Å². The molecule has 1 saturated heterocycles. The molecule has 3 heterocycles. The van der Waals surface area contributed by atoms with E-state index >= 15 is 0 Å². The maximum Gasteiger partial charge on any atom is 0.275 e. The van der Waals surface area contributed by atoms with Crippen molar-refractivity contribution in [3.8, 4) is 0 Å². The highest BCUT2D eigenvalue weighted by molar-refractivity contribution is 5.91. The van der Waals surface area contributed by atoms with Crippen molar-refractivity contribution in [3.63, 3.8) is 0 Å². The number of carbonyl (C=O) groups is 1.